The van der Waals surface area contributed by atoms with Gasteiger partial charge in [-0.3, -0.25) is 4.98 Å². The minimum Gasteiger partial charge on any atom is -0.408 e. The standard InChI is InChI=1S/C14H13N3O2/c1-8-3-2-4-10(15)13(8)16-9-5-6-12-11(7-9)17-14(18)19-12/h2-7,16H,15H2,1H3,(H,17,18). The second-order valence-electron chi connectivity index (χ2n) is 4.39. The molecule has 0 saturated carbocycles. The number of benzene rings is 2. The number of para-hydroxylation sites is 1. The molecule has 96 valence electrons. The van der Waals surface area contributed by atoms with E-state index in [0.29, 0.717) is 16.8 Å². The molecule has 0 aliphatic carbocycles. The van der Waals surface area contributed by atoms with E-state index in [1.807, 2.05) is 37.3 Å². The third kappa shape index (κ3) is 2.06. The third-order valence-corrected chi connectivity index (χ3v) is 2.99. The summed E-state index contributed by atoms with van der Waals surface area (Å²) in [6, 6.07) is 11.1. The van der Waals surface area contributed by atoms with E-state index < -0.39 is 5.76 Å². The van der Waals surface area contributed by atoms with Crippen LogP contribution in [0.1, 0.15) is 5.56 Å². The van der Waals surface area contributed by atoms with Crippen LogP contribution in [0, 0.1) is 6.92 Å². The molecule has 0 radical (unpaired) electrons. The predicted octanol–water partition coefficient (Wildman–Crippen LogP) is 2.76. The molecule has 0 unspecified atom stereocenters. The number of aromatic nitrogens is 1. The molecule has 0 spiro atoms. The largest absolute Gasteiger partial charge is 0.417 e. The van der Waals surface area contributed by atoms with Crippen molar-refractivity contribution in [2.24, 2.45) is 0 Å². The Hall–Kier alpha value is -2.69. The highest BCUT2D eigenvalue weighted by Crippen LogP contribution is 2.27. The highest BCUT2D eigenvalue weighted by Gasteiger charge is 2.05. The molecular weight excluding hydrogens is 242 g/mol. The van der Waals surface area contributed by atoms with Gasteiger partial charge in [0, 0.05) is 5.69 Å². The molecule has 0 aliphatic heterocycles. The van der Waals surface area contributed by atoms with Crippen molar-refractivity contribution in [2.75, 3.05) is 11.1 Å². The number of H-pyrrole nitrogens is 1. The Morgan fingerprint density at radius 3 is 2.89 bits per heavy atom. The van der Waals surface area contributed by atoms with Crippen LogP contribution in [0.15, 0.2) is 45.6 Å². The summed E-state index contributed by atoms with van der Waals surface area (Å²) in [5.41, 5.74) is 10.6. The molecule has 1 heterocycles. The number of nitrogens with one attached hydrogen (secondary N) is 2. The summed E-state index contributed by atoms with van der Waals surface area (Å²) in [5, 5.41) is 3.25. The summed E-state index contributed by atoms with van der Waals surface area (Å²) in [6.45, 7) is 1.98. The fourth-order valence-corrected chi connectivity index (χ4v) is 2.04. The fourth-order valence-electron chi connectivity index (χ4n) is 2.04. The maximum Gasteiger partial charge on any atom is 0.417 e. The molecule has 5 nitrogen and oxygen atoms in total. The van der Waals surface area contributed by atoms with Crippen LogP contribution in [0.25, 0.3) is 11.1 Å². The van der Waals surface area contributed by atoms with Gasteiger partial charge >= 0.3 is 5.76 Å². The van der Waals surface area contributed by atoms with Crippen molar-refractivity contribution in [1.29, 1.82) is 0 Å². The Labute approximate surface area is 109 Å². The normalized spacial score (nSPS) is 10.8. The molecular formula is C14H13N3O2. The van der Waals surface area contributed by atoms with Gasteiger partial charge in [-0.25, -0.2) is 4.79 Å². The molecule has 3 rings (SSSR count). The van der Waals surface area contributed by atoms with Gasteiger partial charge in [0.1, 0.15) is 0 Å². The summed E-state index contributed by atoms with van der Waals surface area (Å²) in [7, 11) is 0. The van der Waals surface area contributed by atoms with Crippen LogP contribution < -0.4 is 16.8 Å². The van der Waals surface area contributed by atoms with Gasteiger partial charge in [0.05, 0.1) is 16.9 Å². The van der Waals surface area contributed by atoms with Crippen molar-refractivity contribution in [3.05, 3.63) is 52.5 Å². The molecule has 0 amide bonds. The second-order valence-corrected chi connectivity index (χ2v) is 4.39. The van der Waals surface area contributed by atoms with E-state index in [1.54, 1.807) is 6.07 Å². The van der Waals surface area contributed by atoms with Crippen LogP contribution in [0.4, 0.5) is 17.1 Å². The molecule has 0 bridgehead atoms. The lowest BCUT2D eigenvalue weighted by Crippen LogP contribution is -1.98. The van der Waals surface area contributed by atoms with Crippen LogP contribution in [-0.2, 0) is 0 Å². The van der Waals surface area contributed by atoms with E-state index in [-0.39, 0.29) is 0 Å². The lowest BCUT2D eigenvalue weighted by molar-refractivity contribution is 0.555. The first kappa shape index (κ1) is 11.4. The van der Waals surface area contributed by atoms with Gasteiger partial charge in [-0.05, 0) is 36.8 Å². The summed E-state index contributed by atoms with van der Waals surface area (Å²) >= 11 is 0. The van der Waals surface area contributed by atoms with E-state index in [4.69, 9.17) is 10.2 Å². The molecule has 4 N–H and O–H groups in total. The smallest absolute Gasteiger partial charge is 0.408 e. The molecule has 2 aromatic carbocycles. The Kier molecular flexibility index (Phi) is 2.52. The number of hydrogen-bond donors (Lipinski definition) is 3. The van der Waals surface area contributed by atoms with Gasteiger partial charge in [-0.15, -0.1) is 0 Å². The summed E-state index contributed by atoms with van der Waals surface area (Å²) < 4.78 is 4.96. The van der Waals surface area contributed by atoms with E-state index in [2.05, 4.69) is 10.3 Å². The van der Waals surface area contributed by atoms with Gasteiger partial charge in [0.15, 0.2) is 5.58 Å². The number of nitrogens with two attached hydrogens (primary N) is 1. The van der Waals surface area contributed by atoms with E-state index >= 15 is 0 Å². The van der Waals surface area contributed by atoms with Crippen molar-refractivity contribution in [3.63, 3.8) is 0 Å². The van der Waals surface area contributed by atoms with Gasteiger partial charge in [-0.2, -0.15) is 0 Å². The number of aryl methyl sites for hydroxylation is 1. The van der Waals surface area contributed by atoms with Crippen LogP contribution in [0.5, 0.6) is 0 Å². The molecule has 3 aromatic rings. The maximum absolute atomic E-state index is 11.1. The Bertz CT molecular complexity index is 782. The number of rotatable bonds is 2. The van der Waals surface area contributed by atoms with Gasteiger partial charge in [0.2, 0.25) is 0 Å². The fraction of sp³-hybridized carbons (Fsp3) is 0.0714. The molecule has 0 aliphatic rings. The molecule has 0 saturated heterocycles. The van der Waals surface area contributed by atoms with Crippen LogP contribution in [0.2, 0.25) is 0 Å². The molecule has 1 aromatic heterocycles. The van der Waals surface area contributed by atoms with Gasteiger partial charge in [-0.1, -0.05) is 12.1 Å². The van der Waals surface area contributed by atoms with Crippen molar-refractivity contribution >= 4 is 28.2 Å². The minimum absolute atomic E-state index is 0.456. The van der Waals surface area contributed by atoms with Crippen molar-refractivity contribution in [1.82, 2.24) is 4.98 Å². The number of oxazole rings is 1. The quantitative estimate of drug-likeness (QED) is 0.615. The summed E-state index contributed by atoms with van der Waals surface area (Å²) in [4.78, 5) is 13.7. The lowest BCUT2D eigenvalue weighted by atomic mass is 10.1. The van der Waals surface area contributed by atoms with Gasteiger partial charge in [0.25, 0.3) is 0 Å². The topological polar surface area (TPSA) is 84.0 Å². The maximum atomic E-state index is 11.1. The first-order chi connectivity index (χ1) is 9.13. The van der Waals surface area contributed by atoms with E-state index in [9.17, 15) is 4.79 Å². The number of anilines is 3. The van der Waals surface area contributed by atoms with Crippen LogP contribution >= 0.6 is 0 Å². The minimum atomic E-state index is -0.456. The lowest BCUT2D eigenvalue weighted by Gasteiger charge is -2.12. The predicted molar refractivity (Wildman–Crippen MR) is 75.7 cm³/mol. The highest BCUT2D eigenvalue weighted by molar-refractivity contribution is 5.81. The molecule has 19 heavy (non-hydrogen) atoms. The average Bonchev–Trinajstić information content (AvgIpc) is 2.73. The molecule has 5 heteroatoms. The number of fused-ring (bicyclic) bond motifs is 1. The zero-order chi connectivity index (χ0) is 13.4. The summed E-state index contributed by atoms with van der Waals surface area (Å²) in [5.74, 6) is -0.456. The molecule has 0 fully saturated rings. The second kappa shape index (κ2) is 4.20. The van der Waals surface area contributed by atoms with Crippen molar-refractivity contribution in [3.8, 4) is 0 Å². The Morgan fingerprint density at radius 1 is 1.26 bits per heavy atom. The SMILES string of the molecule is Cc1cccc(N)c1Nc1ccc2oc(=O)[nH]c2c1. The highest BCUT2D eigenvalue weighted by atomic mass is 16.4. The Morgan fingerprint density at radius 2 is 2.11 bits per heavy atom. The van der Waals surface area contributed by atoms with E-state index in [0.717, 1.165) is 16.9 Å². The monoisotopic (exact) mass is 255 g/mol. The summed E-state index contributed by atoms with van der Waals surface area (Å²) in [6.07, 6.45) is 0. The van der Waals surface area contributed by atoms with Crippen molar-refractivity contribution in [2.45, 2.75) is 6.92 Å². The zero-order valence-electron chi connectivity index (χ0n) is 10.4. The van der Waals surface area contributed by atoms with Crippen molar-refractivity contribution < 1.29 is 4.42 Å². The first-order valence-corrected chi connectivity index (χ1v) is 5.88. The first-order valence-electron chi connectivity index (χ1n) is 5.88. The van der Waals surface area contributed by atoms with Gasteiger partial charge < -0.3 is 15.5 Å². The zero-order valence-corrected chi connectivity index (χ0v) is 10.4. The molecule has 0 atom stereocenters. The van der Waals surface area contributed by atoms with E-state index in [1.165, 1.54) is 0 Å². The van der Waals surface area contributed by atoms with Crippen LogP contribution in [0.3, 0.4) is 0 Å². The average molecular weight is 255 g/mol. The Balaban J connectivity index is 2.03. The number of aromatic amines is 1. The number of hydrogen-bond acceptors (Lipinski definition) is 4. The van der Waals surface area contributed by atoms with Crippen LogP contribution in [-0.4, -0.2) is 4.98 Å². The third-order valence-electron chi connectivity index (χ3n) is 2.99. The number of nitrogen functional groups attached to an aromatic ring is 1.